The van der Waals surface area contributed by atoms with E-state index in [0.29, 0.717) is 16.8 Å². The molecule has 1 amide bonds. The Balaban J connectivity index is 1.55. The molecule has 0 N–H and O–H groups in total. The van der Waals surface area contributed by atoms with Gasteiger partial charge in [0.25, 0.3) is 5.56 Å². The van der Waals surface area contributed by atoms with Crippen LogP contribution < -0.4 is 5.56 Å². The molecule has 0 bridgehead atoms. The summed E-state index contributed by atoms with van der Waals surface area (Å²) in [5.74, 6) is -0.175. The maximum Gasteiger partial charge on any atom is 0.262 e. The third kappa shape index (κ3) is 4.61. The molecule has 0 fully saturated rings. The average Bonchev–Trinajstić information content (AvgIpc) is 3.24. The van der Waals surface area contributed by atoms with Crippen LogP contribution in [-0.4, -0.2) is 26.9 Å². The van der Waals surface area contributed by atoms with Gasteiger partial charge in [-0.3, -0.25) is 14.2 Å². The molecule has 2 heterocycles. The van der Waals surface area contributed by atoms with Crippen molar-refractivity contribution in [3.05, 3.63) is 87.8 Å². The first kappa shape index (κ1) is 21.5. The number of aromatic nitrogens is 2. The summed E-state index contributed by atoms with van der Waals surface area (Å²) in [6, 6.07) is 19.6. The molecule has 4 aromatic rings. The minimum absolute atomic E-state index is 0.00200. The molecule has 4 rings (SSSR count). The molecule has 7 heteroatoms. The number of fused-ring (bicyclic) bond motifs is 1. The number of hydrogen-bond acceptors (Lipinski definition) is 5. The van der Waals surface area contributed by atoms with Crippen LogP contribution in [0.4, 0.5) is 0 Å². The van der Waals surface area contributed by atoms with Crippen molar-refractivity contribution in [2.45, 2.75) is 26.4 Å². The first-order chi connectivity index (χ1) is 15.6. The fourth-order valence-electron chi connectivity index (χ4n) is 3.57. The summed E-state index contributed by atoms with van der Waals surface area (Å²) < 4.78 is 1.48. The smallest absolute Gasteiger partial charge is 0.262 e. The summed E-state index contributed by atoms with van der Waals surface area (Å²) in [7, 11) is 0. The zero-order chi connectivity index (χ0) is 22.5. The molecule has 0 saturated carbocycles. The Kier molecular flexibility index (Phi) is 6.43. The zero-order valence-electron chi connectivity index (χ0n) is 17.7. The van der Waals surface area contributed by atoms with Crippen molar-refractivity contribution in [3.8, 4) is 17.2 Å². The lowest BCUT2D eigenvalue weighted by atomic mass is 10.1. The molecule has 0 aliphatic carbocycles. The first-order valence-corrected chi connectivity index (χ1v) is 11.2. The first-order valence-electron chi connectivity index (χ1n) is 10.3. The molecule has 0 atom stereocenters. The SMILES string of the molecule is Cc1ccc(-c2csc3ncn(CCC(=O)N(CC#N)Cc4ccccc4)c(=O)c23)cc1. The molecular formula is C25H22N4O2S. The maximum atomic E-state index is 13.2. The largest absolute Gasteiger partial charge is 0.325 e. The molecule has 0 spiro atoms. The number of carbonyl (C=O) groups is 1. The Bertz CT molecular complexity index is 1330. The van der Waals surface area contributed by atoms with Crippen LogP contribution >= 0.6 is 11.3 Å². The predicted molar refractivity (Wildman–Crippen MR) is 126 cm³/mol. The molecule has 2 aromatic heterocycles. The van der Waals surface area contributed by atoms with Crippen molar-refractivity contribution >= 4 is 27.5 Å². The van der Waals surface area contributed by atoms with Gasteiger partial charge in [-0.25, -0.2) is 4.98 Å². The van der Waals surface area contributed by atoms with E-state index in [1.807, 2.05) is 66.9 Å². The molecule has 6 nitrogen and oxygen atoms in total. The van der Waals surface area contributed by atoms with Gasteiger partial charge in [0.2, 0.25) is 5.91 Å². The number of nitriles is 1. The van der Waals surface area contributed by atoms with E-state index >= 15 is 0 Å². The summed E-state index contributed by atoms with van der Waals surface area (Å²) in [5.41, 5.74) is 3.78. The third-order valence-electron chi connectivity index (χ3n) is 5.32. The molecule has 32 heavy (non-hydrogen) atoms. The summed E-state index contributed by atoms with van der Waals surface area (Å²) in [4.78, 5) is 32.6. The molecular weight excluding hydrogens is 420 g/mol. The average molecular weight is 443 g/mol. The van der Waals surface area contributed by atoms with E-state index in [-0.39, 0.29) is 31.0 Å². The lowest BCUT2D eigenvalue weighted by Crippen LogP contribution is -2.32. The molecule has 160 valence electrons. The maximum absolute atomic E-state index is 13.2. The van der Waals surface area contributed by atoms with Gasteiger partial charge in [-0.1, -0.05) is 60.2 Å². The topological polar surface area (TPSA) is 79.0 Å². The van der Waals surface area contributed by atoms with Gasteiger partial charge < -0.3 is 4.90 Å². The standard InChI is InChI=1S/C25H22N4O2S/c1-18-7-9-20(10-8-18)21-16-32-24-23(21)25(31)29(17-27-24)13-11-22(30)28(14-12-26)15-19-5-3-2-4-6-19/h2-10,16-17H,11,13-15H2,1H3. The second kappa shape index (κ2) is 9.58. The summed E-state index contributed by atoms with van der Waals surface area (Å²) in [6.45, 7) is 2.60. The van der Waals surface area contributed by atoms with E-state index in [4.69, 9.17) is 5.26 Å². The lowest BCUT2D eigenvalue weighted by Gasteiger charge is -2.20. The lowest BCUT2D eigenvalue weighted by molar-refractivity contribution is -0.131. The van der Waals surface area contributed by atoms with E-state index in [2.05, 4.69) is 11.1 Å². The Morgan fingerprint density at radius 3 is 2.62 bits per heavy atom. The Morgan fingerprint density at radius 1 is 1.16 bits per heavy atom. The highest BCUT2D eigenvalue weighted by atomic mass is 32.1. The van der Waals surface area contributed by atoms with Crippen molar-refractivity contribution < 1.29 is 4.79 Å². The molecule has 2 aromatic carbocycles. The number of benzene rings is 2. The van der Waals surface area contributed by atoms with Gasteiger partial charge >= 0.3 is 0 Å². The van der Waals surface area contributed by atoms with E-state index in [1.54, 1.807) is 0 Å². The number of hydrogen-bond donors (Lipinski definition) is 0. The van der Waals surface area contributed by atoms with E-state index in [9.17, 15) is 9.59 Å². The number of aryl methyl sites for hydroxylation is 2. The summed E-state index contributed by atoms with van der Waals surface area (Å²) in [6.07, 6.45) is 1.62. The molecule has 0 saturated heterocycles. The van der Waals surface area contributed by atoms with Gasteiger partial charge in [-0.2, -0.15) is 5.26 Å². The van der Waals surface area contributed by atoms with Crippen LogP contribution in [0.25, 0.3) is 21.3 Å². The second-order valence-corrected chi connectivity index (χ2v) is 8.44. The van der Waals surface area contributed by atoms with Gasteiger partial charge in [-0.05, 0) is 18.1 Å². The third-order valence-corrected chi connectivity index (χ3v) is 6.21. The van der Waals surface area contributed by atoms with Crippen LogP contribution in [0, 0.1) is 18.3 Å². The van der Waals surface area contributed by atoms with Gasteiger partial charge in [0.15, 0.2) is 0 Å². The predicted octanol–water partition coefficient (Wildman–Crippen LogP) is 4.38. The number of nitrogens with zero attached hydrogens (tertiary/aromatic N) is 4. The fraction of sp³-hybridized carbons (Fsp3) is 0.200. The minimum atomic E-state index is -0.175. The molecule has 0 radical (unpaired) electrons. The molecule has 0 aliphatic heterocycles. The van der Waals surface area contributed by atoms with Crippen molar-refractivity contribution in [1.82, 2.24) is 14.5 Å². The Labute approximate surface area is 190 Å². The van der Waals surface area contributed by atoms with Gasteiger partial charge in [0, 0.05) is 30.5 Å². The highest BCUT2D eigenvalue weighted by Crippen LogP contribution is 2.30. The number of rotatable bonds is 7. The Morgan fingerprint density at radius 2 is 1.91 bits per heavy atom. The number of carbonyl (C=O) groups excluding carboxylic acids is 1. The van der Waals surface area contributed by atoms with Gasteiger partial charge in [0.05, 0.1) is 17.8 Å². The van der Waals surface area contributed by atoms with Crippen LogP contribution in [0.3, 0.4) is 0 Å². The van der Waals surface area contributed by atoms with Crippen molar-refractivity contribution in [2.24, 2.45) is 0 Å². The highest BCUT2D eigenvalue weighted by Gasteiger charge is 2.16. The molecule has 0 aliphatic rings. The number of thiophene rings is 1. The highest BCUT2D eigenvalue weighted by molar-refractivity contribution is 7.17. The summed E-state index contributed by atoms with van der Waals surface area (Å²) >= 11 is 1.44. The van der Waals surface area contributed by atoms with Gasteiger partial charge in [-0.15, -0.1) is 11.3 Å². The number of amides is 1. The van der Waals surface area contributed by atoms with E-state index in [1.165, 1.54) is 27.1 Å². The summed E-state index contributed by atoms with van der Waals surface area (Å²) in [5, 5.41) is 11.7. The minimum Gasteiger partial charge on any atom is -0.325 e. The zero-order valence-corrected chi connectivity index (χ0v) is 18.5. The van der Waals surface area contributed by atoms with Crippen LogP contribution in [0.2, 0.25) is 0 Å². The second-order valence-electron chi connectivity index (χ2n) is 7.58. The Hall–Kier alpha value is -3.76. The molecule has 0 unspecified atom stereocenters. The van der Waals surface area contributed by atoms with Crippen molar-refractivity contribution in [3.63, 3.8) is 0 Å². The van der Waals surface area contributed by atoms with Crippen LogP contribution in [0.15, 0.2) is 71.1 Å². The van der Waals surface area contributed by atoms with Crippen molar-refractivity contribution in [2.75, 3.05) is 6.54 Å². The van der Waals surface area contributed by atoms with E-state index < -0.39 is 0 Å². The van der Waals surface area contributed by atoms with Crippen LogP contribution in [0.5, 0.6) is 0 Å². The fourth-order valence-corrected chi connectivity index (χ4v) is 4.47. The van der Waals surface area contributed by atoms with Crippen molar-refractivity contribution in [1.29, 1.82) is 5.26 Å². The van der Waals surface area contributed by atoms with Crippen LogP contribution in [-0.2, 0) is 17.9 Å². The normalized spacial score (nSPS) is 10.8. The van der Waals surface area contributed by atoms with Crippen LogP contribution in [0.1, 0.15) is 17.5 Å². The quantitative estimate of drug-likeness (QED) is 0.398. The van der Waals surface area contributed by atoms with Gasteiger partial charge in [0.1, 0.15) is 11.4 Å². The van der Waals surface area contributed by atoms with E-state index in [0.717, 1.165) is 22.3 Å². The monoisotopic (exact) mass is 442 g/mol.